The third kappa shape index (κ3) is 3.79. The highest BCUT2D eigenvalue weighted by atomic mass is 19.1. The first-order chi connectivity index (χ1) is 17.0. The number of furan rings is 1. The SMILES string of the molecule is CNC(=O)c1c(-c2ccc(F)cc2)oc2ccc(-c3cccc(C(=O)N4CCC5(CC5)C4)c3)cc12. The van der Waals surface area contributed by atoms with Crippen LogP contribution in [0.2, 0.25) is 0 Å². The first-order valence-electron chi connectivity index (χ1n) is 11.9. The van der Waals surface area contributed by atoms with Gasteiger partial charge in [-0.1, -0.05) is 18.2 Å². The van der Waals surface area contributed by atoms with E-state index in [1.165, 1.54) is 25.0 Å². The molecule has 1 saturated carbocycles. The highest BCUT2D eigenvalue weighted by Gasteiger charge is 2.48. The van der Waals surface area contributed by atoms with E-state index in [0.29, 0.717) is 38.8 Å². The van der Waals surface area contributed by atoms with Crippen LogP contribution in [0.3, 0.4) is 0 Å². The van der Waals surface area contributed by atoms with Crippen LogP contribution in [0.4, 0.5) is 4.39 Å². The second-order valence-corrected chi connectivity index (χ2v) is 9.66. The van der Waals surface area contributed by atoms with E-state index in [2.05, 4.69) is 5.32 Å². The van der Waals surface area contributed by atoms with Crippen molar-refractivity contribution in [3.8, 4) is 22.5 Å². The van der Waals surface area contributed by atoms with Crippen LogP contribution in [0.5, 0.6) is 0 Å². The molecule has 1 N–H and O–H groups in total. The molecule has 1 spiro atoms. The van der Waals surface area contributed by atoms with Gasteiger partial charge in [0, 0.05) is 36.7 Å². The van der Waals surface area contributed by atoms with Crippen LogP contribution in [0.25, 0.3) is 33.4 Å². The summed E-state index contributed by atoms with van der Waals surface area (Å²) in [5, 5.41) is 3.34. The first kappa shape index (κ1) is 21.6. The average molecular weight is 469 g/mol. The molecule has 0 atom stereocenters. The van der Waals surface area contributed by atoms with Gasteiger partial charge in [-0.2, -0.15) is 0 Å². The Hall–Kier alpha value is -3.93. The summed E-state index contributed by atoms with van der Waals surface area (Å²) in [4.78, 5) is 28.0. The van der Waals surface area contributed by atoms with Crippen molar-refractivity contribution in [1.29, 1.82) is 0 Å². The molecule has 0 bridgehead atoms. The number of nitrogens with zero attached hydrogens (tertiary/aromatic N) is 1. The van der Waals surface area contributed by atoms with Gasteiger partial charge in [-0.3, -0.25) is 9.59 Å². The maximum Gasteiger partial charge on any atom is 0.255 e. The van der Waals surface area contributed by atoms with Crippen LogP contribution in [-0.2, 0) is 0 Å². The molecular formula is C29H25FN2O3. The first-order valence-corrected chi connectivity index (χ1v) is 11.9. The highest BCUT2D eigenvalue weighted by Crippen LogP contribution is 2.52. The van der Waals surface area contributed by atoms with E-state index in [9.17, 15) is 14.0 Å². The molecule has 1 aliphatic carbocycles. The van der Waals surface area contributed by atoms with E-state index in [1.807, 2.05) is 47.4 Å². The zero-order valence-corrected chi connectivity index (χ0v) is 19.4. The van der Waals surface area contributed by atoms with Gasteiger partial charge in [-0.15, -0.1) is 0 Å². The fourth-order valence-electron chi connectivity index (χ4n) is 5.14. The molecule has 6 rings (SSSR count). The van der Waals surface area contributed by atoms with Gasteiger partial charge in [0.15, 0.2) is 0 Å². The minimum absolute atomic E-state index is 0.0738. The number of halogens is 1. The van der Waals surface area contributed by atoms with Gasteiger partial charge >= 0.3 is 0 Å². The lowest BCUT2D eigenvalue weighted by atomic mass is 9.98. The fourth-order valence-corrected chi connectivity index (χ4v) is 5.14. The molecule has 6 heteroatoms. The molecule has 176 valence electrons. The Morgan fingerprint density at radius 2 is 1.69 bits per heavy atom. The summed E-state index contributed by atoms with van der Waals surface area (Å²) in [7, 11) is 1.57. The standard InChI is InChI=1S/C29H25FN2O3/c1-31-27(33)25-23-16-20(7-10-24(23)35-26(25)18-5-8-22(30)9-6-18)19-3-2-4-21(15-19)28(34)32-14-13-29(17-32)11-12-29/h2-10,15-16H,11-14,17H2,1H3,(H,31,33). The quantitative estimate of drug-likeness (QED) is 0.406. The predicted molar refractivity (Wildman–Crippen MR) is 133 cm³/mol. The van der Waals surface area contributed by atoms with E-state index in [1.54, 1.807) is 19.2 Å². The van der Waals surface area contributed by atoms with Crippen LogP contribution >= 0.6 is 0 Å². The molecule has 2 amide bonds. The summed E-state index contributed by atoms with van der Waals surface area (Å²) in [5.74, 6) is -0.176. The normalized spacial score (nSPS) is 16.1. The van der Waals surface area contributed by atoms with E-state index < -0.39 is 0 Å². The molecule has 35 heavy (non-hydrogen) atoms. The van der Waals surface area contributed by atoms with Crippen LogP contribution in [0, 0.1) is 11.2 Å². The lowest BCUT2D eigenvalue weighted by molar-refractivity contribution is 0.0785. The lowest BCUT2D eigenvalue weighted by Gasteiger charge is -2.17. The van der Waals surface area contributed by atoms with Crippen molar-refractivity contribution in [1.82, 2.24) is 10.2 Å². The predicted octanol–water partition coefficient (Wildman–Crippen LogP) is 5.89. The Kier molecular flexibility index (Phi) is 4.99. The summed E-state index contributed by atoms with van der Waals surface area (Å²) in [5.41, 5.74) is 4.41. The Bertz CT molecular complexity index is 1470. The zero-order valence-electron chi connectivity index (χ0n) is 19.4. The summed E-state index contributed by atoms with van der Waals surface area (Å²) in [6.45, 7) is 1.68. The Morgan fingerprint density at radius 3 is 2.40 bits per heavy atom. The Morgan fingerprint density at radius 1 is 0.943 bits per heavy atom. The summed E-state index contributed by atoms with van der Waals surface area (Å²) in [6, 6.07) is 19.2. The summed E-state index contributed by atoms with van der Waals surface area (Å²) >= 11 is 0. The van der Waals surface area contributed by atoms with E-state index in [0.717, 1.165) is 30.6 Å². The Labute approximate surface area is 202 Å². The smallest absolute Gasteiger partial charge is 0.255 e. The zero-order chi connectivity index (χ0) is 24.2. The lowest BCUT2D eigenvalue weighted by Crippen LogP contribution is -2.28. The fraction of sp³-hybridized carbons (Fsp3) is 0.241. The number of benzene rings is 3. The molecule has 1 aliphatic heterocycles. The van der Waals surface area contributed by atoms with Crippen molar-refractivity contribution in [2.45, 2.75) is 19.3 Å². The number of rotatable bonds is 4. The number of nitrogens with one attached hydrogen (secondary N) is 1. The number of likely N-dealkylation sites (tertiary alicyclic amines) is 1. The average Bonchev–Trinajstić information content (AvgIpc) is 3.34. The van der Waals surface area contributed by atoms with Crippen molar-refractivity contribution in [2.24, 2.45) is 5.41 Å². The molecule has 0 unspecified atom stereocenters. The molecular weight excluding hydrogens is 443 g/mol. The number of carbonyl (C=O) groups is 2. The van der Waals surface area contributed by atoms with Crippen molar-refractivity contribution >= 4 is 22.8 Å². The number of hydrogen-bond donors (Lipinski definition) is 1. The van der Waals surface area contributed by atoms with Gasteiger partial charge in [-0.25, -0.2) is 4.39 Å². The van der Waals surface area contributed by atoms with Gasteiger partial charge in [0.1, 0.15) is 17.2 Å². The monoisotopic (exact) mass is 468 g/mol. The topological polar surface area (TPSA) is 62.6 Å². The molecule has 5 nitrogen and oxygen atoms in total. The molecule has 1 aromatic heterocycles. The van der Waals surface area contributed by atoms with Crippen molar-refractivity contribution in [2.75, 3.05) is 20.1 Å². The molecule has 3 aromatic carbocycles. The molecule has 2 heterocycles. The van der Waals surface area contributed by atoms with Crippen LogP contribution in [0.15, 0.2) is 71.1 Å². The molecule has 2 aliphatic rings. The molecule has 0 radical (unpaired) electrons. The molecule has 1 saturated heterocycles. The van der Waals surface area contributed by atoms with Gasteiger partial charge in [0.05, 0.1) is 5.56 Å². The number of carbonyl (C=O) groups excluding carboxylic acids is 2. The summed E-state index contributed by atoms with van der Waals surface area (Å²) < 4.78 is 19.5. The largest absolute Gasteiger partial charge is 0.455 e. The third-order valence-electron chi connectivity index (χ3n) is 7.37. The van der Waals surface area contributed by atoms with Gasteiger partial charge in [0.2, 0.25) is 0 Å². The van der Waals surface area contributed by atoms with E-state index in [-0.39, 0.29) is 17.6 Å². The van der Waals surface area contributed by atoms with Crippen molar-refractivity contribution in [3.63, 3.8) is 0 Å². The minimum Gasteiger partial charge on any atom is -0.455 e. The van der Waals surface area contributed by atoms with Gasteiger partial charge < -0.3 is 14.6 Å². The van der Waals surface area contributed by atoms with Crippen molar-refractivity contribution in [3.05, 3.63) is 83.7 Å². The van der Waals surface area contributed by atoms with Crippen molar-refractivity contribution < 1.29 is 18.4 Å². The maximum atomic E-state index is 13.5. The van der Waals surface area contributed by atoms with Crippen LogP contribution < -0.4 is 5.32 Å². The van der Waals surface area contributed by atoms with Gasteiger partial charge in [-0.05, 0) is 84.3 Å². The van der Waals surface area contributed by atoms with E-state index >= 15 is 0 Å². The highest BCUT2D eigenvalue weighted by molar-refractivity contribution is 6.11. The summed E-state index contributed by atoms with van der Waals surface area (Å²) in [6.07, 6.45) is 3.57. The second-order valence-electron chi connectivity index (χ2n) is 9.66. The van der Waals surface area contributed by atoms with Crippen LogP contribution in [0.1, 0.15) is 40.0 Å². The Balaban J connectivity index is 1.39. The number of hydrogen-bond acceptors (Lipinski definition) is 3. The minimum atomic E-state index is -0.357. The maximum absolute atomic E-state index is 13.5. The van der Waals surface area contributed by atoms with E-state index in [4.69, 9.17) is 4.42 Å². The third-order valence-corrected chi connectivity index (χ3v) is 7.37. The molecule has 2 fully saturated rings. The molecule has 4 aromatic rings. The van der Waals surface area contributed by atoms with Crippen LogP contribution in [-0.4, -0.2) is 36.9 Å². The second kappa shape index (κ2) is 8.08. The number of amides is 2. The van der Waals surface area contributed by atoms with Gasteiger partial charge in [0.25, 0.3) is 11.8 Å². The number of fused-ring (bicyclic) bond motifs is 1.